The van der Waals surface area contributed by atoms with Crippen LogP contribution in [0.1, 0.15) is 253 Å². The SMILES string of the molecule is CC(=Nc1c(C(C)C)cccc1C(C)C)C(C)=Nc1c(C(C)C)cc(Cc2cc(C(C)C)c(N=C(C)c3cccc(C(C)=Nc4c(C(C)C)cccc4C(C)C)n3)c(C(C)C)c2)cc1C(C)C. The highest BCUT2D eigenvalue weighted by atomic mass is 14.9. The number of para-hydroxylation sites is 2. The maximum atomic E-state index is 5.45. The van der Waals surface area contributed by atoms with Gasteiger partial charge in [0.05, 0.1) is 57.0 Å². The van der Waals surface area contributed by atoms with E-state index in [-0.39, 0.29) is 11.8 Å². The third kappa shape index (κ3) is 12.6. The molecule has 5 rings (SSSR count). The van der Waals surface area contributed by atoms with Gasteiger partial charge in [-0.05, 0) is 149 Å². The third-order valence-corrected chi connectivity index (χ3v) is 13.2. The van der Waals surface area contributed by atoms with E-state index in [4.69, 9.17) is 25.0 Å². The number of hydrogen-bond acceptors (Lipinski definition) is 5. The fourth-order valence-corrected chi connectivity index (χ4v) is 9.01. The predicted octanol–water partition coefficient (Wildman–Crippen LogP) is 18.8. The van der Waals surface area contributed by atoms with Crippen molar-refractivity contribution >= 4 is 45.6 Å². The van der Waals surface area contributed by atoms with Crippen LogP contribution in [0.4, 0.5) is 22.7 Å². The molecule has 5 nitrogen and oxygen atoms in total. The van der Waals surface area contributed by atoms with Crippen LogP contribution in [0.3, 0.4) is 0 Å². The summed E-state index contributed by atoms with van der Waals surface area (Å²) in [5.74, 6) is 2.64. The van der Waals surface area contributed by atoms with Crippen molar-refractivity contribution in [3.05, 3.63) is 146 Å². The highest BCUT2D eigenvalue weighted by molar-refractivity contribution is 6.41. The lowest BCUT2D eigenvalue weighted by molar-refractivity contribution is 0.824. The number of benzene rings is 4. The Hall–Kier alpha value is -5.29. The van der Waals surface area contributed by atoms with E-state index in [1.165, 1.54) is 55.6 Å². The van der Waals surface area contributed by atoms with E-state index >= 15 is 0 Å². The Morgan fingerprint density at radius 1 is 0.343 bits per heavy atom. The molecule has 0 unspecified atom stereocenters. The molecule has 0 saturated heterocycles. The van der Waals surface area contributed by atoms with Crippen LogP contribution < -0.4 is 0 Å². The van der Waals surface area contributed by atoms with Gasteiger partial charge in [0, 0.05) is 0 Å². The molecule has 0 aliphatic rings. The summed E-state index contributed by atoms with van der Waals surface area (Å²) in [5, 5.41) is 0. The molecule has 0 radical (unpaired) electrons. The van der Waals surface area contributed by atoms with Crippen molar-refractivity contribution in [3.63, 3.8) is 0 Å². The Labute approximate surface area is 407 Å². The monoisotopic (exact) mass is 898 g/mol. The summed E-state index contributed by atoms with van der Waals surface area (Å²) >= 11 is 0. The van der Waals surface area contributed by atoms with E-state index < -0.39 is 0 Å². The Morgan fingerprint density at radius 3 is 0.866 bits per heavy atom. The molecule has 67 heavy (non-hydrogen) atoms. The van der Waals surface area contributed by atoms with Gasteiger partial charge in [0.2, 0.25) is 0 Å². The zero-order chi connectivity index (χ0) is 49.6. The van der Waals surface area contributed by atoms with E-state index in [2.05, 4.69) is 217 Å². The number of pyridine rings is 1. The third-order valence-electron chi connectivity index (χ3n) is 13.2. The largest absolute Gasteiger partial charge is 0.251 e. The number of aromatic nitrogens is 1. The van der Waals surface area contributed by atoms with E-state index in [1.54, 1.807) is 0 Å². The summed E-state index contributed by atoms with van der Waals surface area (Å²) in [6.45, 7) is 44.7. The molecule has 0 N–H and O–H groups in total. The Balaban J connectivity index is 1.56. The summed E-state index contributed by atoms with van der Waals surface area (Å²) in [6, 6.07) is 29.1. The molecule has 0 bridgehead atoms. The van der Waals surface area contributed by atoms with Crippen molar-refractivity contribution in [3.8, 4) is 0 Å². The molecular weight excluding hydrogens is 815 g/mol. The molecule has 5 heteroatoms. The molecule has 4 aromatic carbocycles. The Morgan fingerprint density at radius 2 is 0.582 bits per heavy atom. The topological polar surface area (TPSA) is 62.3 Å². The molecule has 0 atom stereocenters. The highest BCUT2D eigenvalue weighted by Crippen LogP contribution is 2.41. The number of aliphatic imine (C=N–C) groups is 4. The van der Waals surface area contributed by atoms with Crippen LogP contribution in [0.25, 0.3) is 0 Å². The van der Waals surface area contributed by atoms with Gasteiger partial charge in [-0.2, -0.15) is 0 Å². The fourth-order valence-electron chi connectivity index (χ4n) is 9.01. The Bertz CT molecular complexity index is 2550. The average molecular weight is 898 g/mol. The minimum atomic E-state index is 0.278. The summed E-state index contributed by atoms with van der Waals surface area (Å²) < 4.78 is 0. The van der Waals surface area contributed by atoms with Crippen LogP contribution in [-0.2, 0) is 6.42 Å². The van der Waals surface area contributed by atoms with Crippen LogP contribution in [0.5, 0.6) is 0 Å². The van der Waals surface area contributed by atoms with Crippen LogP contribution in [0.2, 0.25) is 0 Å². The minimum absolute atomic E-state index is 0.278. The second-order valence-electron chi connectivity index (χ2n) is 21.4. The minimum Gasteiger partial charge on any atom is -0.251 e. The van der Waals surface area contributed by atoms with Crippen LogP contribution in [-0.4, -0.2) is 27.8 Å². The van der Waals surface area contributed by atoms with Crippen molar-refractivity contribution in [2.24, 2.45) is 20.0 Å². The van der Waals surface area contributed by atoms with Gasteiger partial charge in [0.15, 0.2) is 0 Å². The van der Waals surface area contributed by atoms with Gasteiger partial charge in [-0.1, -0.05) is 178 Å². The van der Waals surface area contributed by atoms with Gasteiger partial charge in [0.25, 0.3) is 0 Å². The summed E-state index contributed by atoms with van der Waals surface area (Å²) in [4.78, 5) is 26.6. The summed E-state index contributed by atoms with van der Waals surface area (Å²) in [6.07, 6.45) is 0.829. The molecule has 5 aromatic rings. The van der Waals surface area contributed by atoms with Crippen LogP contribution in [0, 0.1) is 0 Å². The van der Waals surface area contributed by atoms with Gasteiger partial charge in [-0.25, -0.2) is 4.98 Å². The maximum Gasteiger partial charge on any atom is 0.0849 e. The molecule has 1 heterocycles. The van der Waals surface area contributed by atoms with Crippen molar-refractivity contribution < 1.29 is 0 Å². The molecule has 0 aliphatic heterocycles. The molecule has 0 saturated carbocycles. The molecule has 1 aromatic heterocycles. The first-order valence-corrected chi connectivity index (χ1v) is 25.3. The van der Waals surface area contributed by atoms with Crippen molar-refractivity contribution in [1.82, 2.24) is 4.98 Å². The van der Waals surface area contributed by atoms with E-state index in [9.17, 15) is 0 Å². The van der Waals surface area contributed by atoms with E-state index in [0.717, 1.165) is 63.4 Å². The van der Waals surface area contributed by atoms with Gasteiger partial charge in [-0.15, -0.1) is 0 Å². The average Bonchev–Trinajstić information content (AvgIpc) is 3.26. The first kappa shape index (κ1) is 52.7. The number of hydrogen-bond donors (Lipinski definition) is 0. The van der Waals surface area contributed by atoms with Gasteiger partial charge in [-0.3, -0.25) is 20.0 Å². The van der Waals surface area contributed by atoms with Crippen LogP contribution >= 0.6 is 0 Å². The first-order valence-electron chi connectivity index (χ1n) is 25.3. The van der Waals surface area contributed by atoms with Crippen molar-refractivity contribution in [2.45, 2.75) is 192 Å². The lowest BCUT2D eigenvalue weighted by Gasteiger charge is -2.22. The van der Waals surface area contributed by atoms with Crippen molar-refractivity contribution in [2.75, 3.05) is 0 Å². The van der Waals surface area contributed by atoms with Gasteiger partial charge < -0.3 is 0 Å². The number of nitrogens with zero attached hydrogens (tertiary/aromatic N) is 5. The van der Waals surface area contributed by atoms with Crippen LogP contribution in [0.15, 0.2) is 98.8 Å². The van der Waals surface area contributed by atoms with E-state index in [1.807, 2.05) is 0 Å². The highest BCUT2D eigenvalue weighted by Gasteiger charge is 2.22. The zero-order valence-electron chi connectivity index (χ0n) is 45.1. The standard InChI is InChI=1S/C62H83N5/c1-35(2)49-24-21-25-50(36(3)4)59(49)63-43(17)44(18)64-61-53(39(9)10)31-47(32-54(61)40(11)12)30-48-33-55(41(13)14)62(56(34-48)42(15)16)66-46(20)58-29-23-28-57(67-58)45(19)65-60-51(37(5)6)26-22-27-52(60)38(7)8/h21-29,31-42H,30H2,1-20H3. The molecule has 0 fully saturated rings. The quantitative estimate of drug-likeness (QED) is 0.0858. The molecular formula is C62H83N5. The second-order valence-corrected chi connectivity index (χ2v) is 21.4. The van der Waals surface area contributed by atoms with E-state index in [0.29, 0.717) is 35.5 Å². The molecule has 356 valence electrons. The lowest BCUT2D eigenvalue weighted by Crippen LogP contribution is -2.08. The fraction of sp³-hybridized carbons (Fsp3) is 0.468. The Kier molecular flexibility index (Phi) is 17.8. The normalized spacial score (nSPS) is 13.4. The zero-order valence-corrected chi connectivity index (χ0v) is 45.1. The molecule has 0 aliphatic carbocycles. The first-order chi connectivity index (χ1) is 31.5. The lowest BCUT2D eigenvalue weighted by atomic mass is 9.86. The van der Waals surface area contributed by atoms with Gasteiger partial charge >= 0.3 is 0 Å². The van der Waals surface area contributed by atoms with Gasteiger partial charge in [0.1, 0.15) is 0 Å². The summed E-state index contributed by atoms with van der Waals surface area (Å²) in [5.41, 5.74) is 22.6. The maximum absolute atomic E-state index is 5.45. The molecule has 0 spiro atoms. The smallest absolute Gasteiger partial charge is 0.0849 e. The molecule has 0 amide bonds. The predicted molar refractivity (Wildman–Crippen MR) is 295 cm³/mol. The second kappa shape index (κ2) is 22.7. The summed E-state index contributed by atoms with van der Waals surface area (Å²) in [7, 11) is 0. The van der Waals surface area contributed by atoms with Crippen molar-refractivity contribution in [1.29, 1.82) is 0 Å². The number of rotatable bonds is 17.